The van der Waals surface area contributed by atoms with Crippen LogP contribution in [0.5, 0.6) is 0 Å². The monoisotopic (exact) mass is 590 g/mol. The number of fused-ring (bicyclic) bond motifs is 2. The fourth-order valence-corrected chi connectivity index (χ4v) is 42.5. The maximum atomic E-state index is 2.71. The summed E-state index contributed by atoms with van der Waals surface area (Å²) in [6, 6.07) is 26.9. The van der Waals surface area contributed by atoms with E-state index in [1.165, 1.54) is 39.0 Å². The van der Waals surface area contributed by atoms with Crippen LogP contribution in [0.25, 0.3) is 23.3 Å². The van der Waals surface area contributed by atoms with Gasteiger partial charge >= 0.3 is 184 Å². The van der Waals surface area contributed by atoms with Gasteiger partial charge in [0, 0.05) is 0 Å². The number of allylic oxidation sites excluding steroid dienone is 2. The summed E-state index contributed by atoms with van der Waals surface area (Å²) in [6.07, 6.45) is 7.43. The van der Waals surface area contributed by atoms with Crippen molar-refractivity contribution in [2.24, 2.45) is 0 Å². The van der Waals surface area contributed by atoms with Crippen molar-refractivity contribution in [1.29, 1.82) is 0 Å². The van der Waals surface area contributed by atoms with Crippen molar-refractivity contribution in [3.05, 3.63) is 107 Å². The second-order valence-electron chi connectivity index (χ2n) is 14.3. The molecule has 2 atom stereocenters. The standard InChI is InChI=1S/C15H11.C10H9.4CH3.Hf.H2Si/c1-2-6-12(7-3-1)14-10-4-8-13-9-5-11-15(13)14;1-8-6-9-4-2-3-5-10(9)7-8;;;;;;/h1-11H;2-7H,1H3;4*1H3;;1H2. The molecule has 2 aliphatic carbocycles. The molecule has 2 unspecified atom stereocenters. The minimum atomic E-state index is -4.57. The molecule has 0 heterocycles. The molecule has 0 amide bonds. The van der Waals surface area contributed by atoms with Crippen molar-refractivity contribution in [2.45, 2.75) is 33.0 Å². The summed E-state index contributed by atoms with van der Waals surface area (Å²) in [5.41, 5.74) is 10.1. The van der Waals surface area contributed by atoms with Crippen molar-refractivity contribution in [3.63, 3.8) is 0 Å². The molecule has 0 aliphatic heterocycles. The molecule has 2 heteroatoms. The Morgan fingerprint density at radius 1 is 0.742 bits per heavy atom. The van der Waals surface area contributed by atoms with Gasteiger partial charge in [-0.1, -0.05) is 0 Å². The zero-order chi connectivity index (χ0) is 22.2. The average Bonchev–Trinajstić information content (AvgIpc) is 3.29. The fourth-order valence-electron chi connectivity index (χ4n) is 7.22. The van der Waals surface area contributed by atoms with Crippen LogP contribution in [0.15, 0.2) is 84.4 Å². The molecular weight excluding hydrogens is 555 g/mol. The van der Waals surface area contributed by atoms with E-state index < -0.39 is 14.2 Å². The van der Waals surface area contributed by atoms with Crippen molar-refractivity contribution >= 4 is 19.1 Å². The van der Waals surface area contributed by atoms with Crippen LogP contribution in [0.2, 0.25) is 18.7 Å². The second-order valence-corrected chi connectivity index (χ2v) is 101. The number of hydrogen-bond acceptors (Lipinski definition) is 0. The topological polar surface area (TPSA) is 0 Å². The van der Waals surface area contributed by atoms with Crippen LogP contribution in [-0.2, 0) is 14.2 Å². The normalized spacial score (nSPS) is 23.1. The molecule has 0 radical (unpaired) electrons. The maximum absolute atomic E-state index is 4.57. The molecule has 0 saturated heterocycles. The van der Waals surface area contributed by atoms with E-state index in [9.17, 15) is 0 Å². The molecule has 5 rings (SSSR count). The van der Waals surface area contributed by atoms with Crippen LogP contribution < -0.4 is 0 Å². The summed E-state index contributed by atoms with van der Waals surface area (Å²) in [7, 11) is 0. The predicted molar refractivity (Wildman–Crippen MR) is 138 cm³/mol. The van der Waals surface area contributed by atoms with Gasteiger partial charge in [0.05, 0.1) is 0 Å². The van der Waals surface area contributed by atoms with Crippen LogP contribution in [0, 0.1) is 0 Å². The quantitative estimate of drug-likeness (QED) is 0.271. The van der Waals surface area contributed by atoms with E-state index in [1.54, 1.807) is 0 Å². The van der Waals surface area contributed by atoms with Crippen LogP contribution in [0.1, 0.15) is 36.5 Å². The Morgan fingerprint density at radius 2 is 1.39 bits per heavy atom. The number of hydrogen-bond donors (Lipinski definition) is 0. The Morgan fingerprint density at radius 3 is 2.13 bits per heavy atom. The first-order valence-corrected chi connectivity index (χ1v) is 38.4. The Balaban J connectivity index is 1.77. The van der Waals surface area contributed by atoms with Crippen LogP contribution in [0.3, 0.4) is 0 Å². The molecule has 0 saturated carbocycles. The van der Waals surface area contributed by atoms with Crippen molar-refractivity contribution < 1.29 is 14.2 Å². The molecule has 2 aliphatic rings. The van der Waals surface area contributed by atoms with Gasteiger partial charge < -0.3 is 0 Å². The van der Waals surface area contributed by atoms with Gasteiger partial charge in [-0.2, -0.15) is 0 Å². The molecule has 0 fully saturated rings. The molecule has 3 aromatic rings. The zero-order valence-corrected chi connectivity index (χ0v) is 24.5. The summed E-state index contributed by atoms with van der Waals surface area (Å²) < 4.78 is 11.8. The van der Waals surface area contributed by atoms with Gasteiger partial charge in [-0.05, 0) is 0 Å². The molecular formula is C29H34HfSi. The summed E-state index contributed by atoms with van der Waals surface area (Å²) in [5.74, 6) is 0. The van der Waals surface area contributed by atoms with Gasteiger partial charge in [0.15, 0.2) is 0 Å². The first-order valence-electron chi connectivity index (χ1n) is 11.6. The van der Waals surface area contributed by atoms with Gasteiger partial charge in [-0.25, -0.2) is 0 Å². The molecule has 0 nitrogen and oxygen atoms in total. The predicted octanol–water partition coefficient (Wildman–Crippen LogP) is 8.08. The third-order valence-corrected chi connectivity index (χ3v) is 42.6. The van der Waals surface area contributed by atoms with Crippen LogP contribution in [-0.4, -0.2) is 6.94 Å². The second kappa shape index (κ2) is 5.58. The first-order chi connectivity index (χ1) is 14.3. The Labute approximate surface area is 183 Å². The third kappa shape index (κ3) is 3.02. The fraction of sp³-hybridized carbons (Fsp3) is 0.241. The zero-order valence-electron chi connectivity index (χ0n) is 19.5. The molecule has 158 valence electrons. The summed E-state index contributed by atoms with van der Waals surface area (Å²) in [6.45, 7) is 4.77. The van der Waals surface area contributed by atoms with Gasteiger partial charge in [-0.15, -0.1) is 0 Å². The summed E-state index contributed by atoms with van der Waals surface area (Å²) >= 11 is -4.57. The van der Waals surface area contributed by atoms with E-state index in [0.29, 0.717) is 7.35 Å². The average molecular weight is 589 g/mol. The van der Waals surface area contributed by atoms with Crippen molar-refractivity contribution in [2.75, 3.05) is 0 Å². The molecule has 0 aromatic heterocycles. The Bertz CT molecular complexity index is 1410. The van der Waals surface area contributed by atoms with E-state index >= 15 is 0 Å². The Hall–Kier alpha value is -1.77. The van der Waals surface area contributed by atoms with Gasteiger partial charge in [0.25, 0.3) is 0 Å². The Kier molecular flexibility index (Phi) is 3.80. The van der Waals surface area contributed by atoms with Crippen molar-refractivity contribution in [3.8, 4) is 11.1 Å². The molecule has 31 heavy (non-hydrogen) atoms. The third-order valence-electron chi connectivity index (χ3n) is 8.33. The SMILES string of the molecule is CC1=Cc2ccccc2[CH]1[Hf]([CH3])([CH3])([CH3])([CH3])(=[SiH2])[CH]1C=Cc2c(-c3ccccc3)cccc21. The number of benzene rings is 3. The number of rotatable bonds is 3. The van der Waals surface area contributed by atoms with Gasteiger partial charge in [-0.3, -0.25) is 0 Å². The molecule has 3 aromatic carbocycles. The van der Waals surface area contributed by atoms with E-state index in [2.05, 4.69) is 124 Å². The van der Waals surface area contributed by atoms with Crippen LogP contribution in [0.4, 0.5) is 0 Å². The minimum absolute atomic E-state index is 0.459. The van der Waals surface area contributed by atoms with E-state index in [-0.39, 0.29) is 0 Å². The van der Waals surface area contributed by atoms with Crippen LogP contribution >= 0.6 is 0 Å². The van der Waals surface area contributed by atoms with E-state index in [4.69, 9.17) is 0 Å². The van der Waals surface area contributed by atoms with E-state index in [0.717, 1.165) is 0 Å². The van der Waals surface area contributed by atoms with Gasteiger partial charge in [0.2, 0.25) is 0 Å². The molecule has 0 spiro atoms. The molecule has 0 bridgehead atoms. The van der Waals surface area contributed by atoms with E-state index in [1.807, 2.05) is 0 Å². The van der Waals surface area contributed by atoms with Gasteiger partial charge in [0.1, 0.15) is 0 Å². The summed E-state index contributed by atoms with van der Waals surface area (Å²) in [5, 5.41) is 0. The first kappa shape index (κ1) is 21.1. The van der Waals surface area contributed by atoms with Crippen molar-refractivity contribution in [1.82, 2.24) is 0 Å². The summed E-state index contributed by atoms with van der Waals surface area (Å²) in [4.78, 5) is 0. The molecule has 0 N–H and O–H groups in total.